The summed E-state index contributed by atoms with van der Waals surface area (Å²) in [5, 5.41) is 0.749. The molecule has 0 saturated heterocycles. The average molecular weight is 299 g/mol. The number of rotatable bonds is 3. The summed E-state index contributed by atoms with van der Waals surface area (Å²) in [7, 11) is 0. The molecule has 0 amide bonds. The number of nitrogens with zero attached hydrogens (tertiary/aromatic N) is 1. The quantitative estimate of drug-likeness (QED) is 0.885. The zero-order chi connectivity index (χ0) is 14.0. The average Bonchev–Trinajstić information content (AvgIpc) is 2.38. The Hall–Kier alpha value is -1.52. The maximum Gasteiger partial charge on any atom is 0.329 e. The topological polar surface area (TPSA) is 54.9 Å². The van der Waals surface area contributed by atoms with E-state index in [4.69, 9.17) is 23.2 Å². The van der Waals surface area contributed by atoms with Crippen LogP contribution in [-0.2, 0) is 13.0 Å². The van der Waals surface area contributed by atoms with Crippen molar-refractivity contribution in [2.45, 2.75) is 19.9 Å². The van der Waals surface area contributed by atoms with Crippen LogP contribution in [0.5, 0.6) is 0 Å². The lowest BCUT2D eigenvalue weighted by atomic mass is 10.1. The fourth-order valence-corrected chi connectivity index (χ4v) is 2.03. The van der Waals surface area contributed by atoms with Gasteiger partial charge in [0.2, 0.25) is 0 Å². The molecule has 0 unspecified atom stereocenters. The number of aromatic amines is 1. The van der Waals surface area contributed by atoms with Gasteiger partial charge in [-0.3, -0.25) is 14.3 Å². The highest BCUT2D eigenvalue weighted by atomic mass is 35.5. The minimum Gasteiger partial charge on any atom is -0.297 e. The first-order valence-corrected chi connectivity index (χ1v) is 6.48. The van der Waals surface area contributed by atoms with Crippen LogP contribution in [0, 0.1) is 6.92 Å². The first-order valence-electron chi connectivity index (χ1n) is 5.72. The van der Waals surface area contributed by atoms with Crippen LogP contribution >= 0.6 is 23.2 Å². The maximum absolute atomic E-state index is 11.9. The second kappa shape index (κ2) is 5.63. The van der Waals surface area contributed by atoms with Crippen LogP contribution in [0.1, 0.15) is 11.1 Å². The van der Waals surface area contributed by atoms with Crippen molar-refractivity contribution < 1.29 is 0 Å². The van der Waals surface area contributed by atoms with Crippen LogP contribution in [0.15, 0.2) is 33.9 Å². The molecule has 0 aliphatic carbocycles. The maximum atomic E-state index is 11.9. The van der Waals surface area contributed by atoms with Crippen LogP contribution in [-0.4, -0.2) is 9.55 Å². The van der Waals surface area contributed by atoms with Gasteiger partial charge in [0.15, 0.2) is 0 Å². The highest BCUT2D eigenvalue weighted by Gasteiger charge is 2.08. The van der Waals surface area contributed by atoms with Crippen molar-refractivity contribution in [2.24, 2.45) is 0 Å². The summed E-state index contributed by atoms with van der Waals surface area (Å²) in [6, 6.07) is 7.28. The van der Waals surface area contributed by atoms with Gasteiger partial charge in [0.1, 0.15) is 5.15 Å². The third kappa shape index (κ3) is 3.08. The van der Waals surface area contributed by atoms with Crippen molar-refractivity contribution in [3.8, 4) is 0 Å². The largest absolute Gasteiger partial charge is 0.329 e. The number of aromatic nitrogens is 2. The summed E-state index contributed by atoms with van der Waals surface area (Å²) in [4.78, 5) is 26.1. The van der Waals surface area contributed by atoms with Crippen molar-refractivity contribution in [1.82, 2.24) is 9.55 Å². The number of hydrogen-bond donors (Lipinski definition) is 1. The fraction of sp³-hybridized carbons (Fsp3) is 0.231. The van der Waals surface area contributed by atoms with Gasteiger partial charge in [-0.25, -0.2) is 4.79 Å². The minimum atomic E-state index is -0.491. The summed E-state index contributed by atoms with van der Waals surface area (Å²) >= 11 is 11.5. The van der Waals surface area contributed by atoms with Gasteiger partial charge in [-0.2, -0.15) is 0 Å². The summed E-state index contributed by atoms with van der Waals surface area (Å²) in [5.41, 5.74) is 0.498. The Labute approximate surface area is 119 Å². The zero-order valence-electron chi connectivity index (χ0n) is 10.2. The molecule has 4 nitrogen and oxygen atoms in total. The van der Waals surface area contributed by atoms with Gasteiger partial charge in [0.25, 0.3) is 5.56 Å². The van der Waals surface area contributed by atoms with Gasteiger partial charge >= 0.3 is 5.69 Å². The monoisotopic (exact) mass is 298 g/mol. The Morgan fingerprint density at radius 2 is 1.79 bits per heavy atom. The van der Waals surface area contributed by atoms with Gasteiger partial charge in [-0.15, -0.1) is 0 Å². The van der Waals surface area contributed by atoms with Crippen molar-refractivity contribution in [1.29, 1.82) is 0 Å². The molecule has 0 spiro atoms. The van der Waals surface area contributed by atoms with E-state index in [-0.39, 0.29) is 10.7 Å². The number of H-pyrrole nitrogens is 1. The van der Waals surface area contributed by atoms with Gasteiger partial charge in [-0.05, 0) is 31.0 Å². The lowest BCUT2D eigenvalue weighted by molar-refractivity contribution is 0.623. The molecular weight excluding hydrogens is 287 g/mol. The van der Waals surface area contributed by atoms with Crippen molar-refractivity contribution >= 4 is 23.2 Å². The lowest BCUT2D eigenvalue weighted by Crippen LogP contribution is -2.37. The van der Waals surface area contributed by atoms with E-state index in [1.807, 2.05) is 12.1 Å². The highest BCUT2D eigenvalue weighted by Crippen LogP contribution is 2.10. The third-order valence-electron chi connectivity index (χ3n) is 2.89. The second-order valence-electron chi connectivity index (χ2n) is 4.20. The molecule has 100 valence electrons. The summed E-state index contributed by atoms with van der Waals surface area (Å²) < 4.78 is 1.15. The van der Waals surface area contributed by atoms with Gasteiger partial charge in [0, 0.05) is 17.1 Å². The van der Waals surface area contributed by atoms with E-state index < -0.39 is 5.69 Å². The number of halogens is 2. The van der Waals surface area contributed by atoms with E-state index in [2.05, 4.69) is 4.98 Å². The molecule has 0 aliphatic heterocycles. The first kappa shape index (κ1) is 13.9. The Bertz CT molecular complexity index is 702. The Morgan fingerprint density at radius 3 is 2.42 bits per heavy atom. The van der Waals surface area contributed by atoms with Crippen LogP contribution in [0.3, 0.4) is 0 Å². The number of nitrogens with one attached hydrogen (secondary N) is 1. The van der Waals surface area contributed by atoms with Gasteiger partial charge in [-0.1, -0.05) is 35.3 Å². The van der Waals surface area contributed by atoms with E-state index in [1.54, 1.807) is 19.1 Å². The van der Waals surface area contributed by atoms with Crippen LogP contribution in [0.25, 0.3) is 0 Å². The smallest absolute Gasteiger partial charge is 0.297 e. The van der Waals surface area contributed by atoms with Crippen molar-refractivity contribution in [3.63, 3.8) is 0 Å². The molecule has 0 radical (unpaired) electrons. The molecular formula is C13H12Cl2N2O2. The Morgan fingerprint density at radius 1 is 1.16 bits per heavy atom. The first-order chi connectivity index (χ1) is 8.99. The second-order valence-corrected chi connectivity index (χ2v) is 5.02. The molecule has 1 aromatic heterocycles. The van der Waals surface area contributed by atoms with E-state index in [0.717, 1.165) is 10.1 Å². The highest BCUT2D eigenvalue weighted by molar-refractivity contribution is 6.30. The molecule has 0 fully saturated rings. The molecule has 0 bridgehead atoms. The molecule has 2 rings (SSSR count). The predicted molar refractivity (Wildman–Crippen MR) is 76.2 cm³/mol. The zero-order valence-corrected chi connectivity index (χ0v) is 11.8. The summed E-state index contributed by atoms with van der Waals surface area (Å²) in [6.07, 6.45) is 0.571. The van der Waals surface area contributed by atoms with Crippen LogP contribution in [0.4, 0.5) is 0 Å². The Kier molecular flexibility index (Phi) is 4.12. The standard InChI is InChI=1S/C13H12Cl2N2O2/c1-8-11(15)16-13(19)17(12(8)18)7-6-9-2-4-10(14)5-3-9/h2-5H,6-7H2,1H3,(H,16,19). The SMILES string of the molecule is Cc1c(Cl)[nH]c(=O)n(CCc2ccc(Cl)cc2)c1=O. The minimum absolute atomic E-state index is 0.0951. The number of benzene rings is 1. The summed E-state index contributed by atoms with van der Waals surface area (Å²) in [5.74, 6) is 0. The van der Waals surface area contributed by atoms with E-state index in [1.165, 1.54) is 0 Å². The molecule has 6 heteroatoms. The predicted octanol–water partition coefficient (Wildman–Crippen LogP) is 2.39. The van der Waals surface area contributed by atoms with Crippen LogP contribution < -0.4 is 11.2 Å². The van der Waals surface area contributed by atoms with E-state index >= 15 is 0 Å². The van der Waals surface area contributed by atoms with Gasteiger partial charge in [0.05, 0.1) is 0 Å². The molecule has 2 aromatic rings. The molecule has 0 atom stereocenters. The Balaban J connectivity index is 2.25. The lowest BCUT2D eigenvalue weighted by Gasteiger charge is -2.06. The van der Waals surface area contributed by atoms with E-state index in [9.17, 15) is 9.59 Å². The molecule has 0 aliphatic rings. The normalized spacial score (nSPS) is 10.7. The van der Waals surface area contributed by atoms with Crippen LogP contribution in [0.2, 0.25) is 10.2 Å². The van der Waals surface area contributed by atoms with Gasteiger partial charge < -0.3 is 0 Å². The molecule has 1 aromatic carbocycles. The number of aryl methyl sites for hydroxylation is 1. The number of hydrogen-bond acceptors (Lipinski definition) is 2. The fourth-order valence-electron chi connectivity index (χ4n) is 1.74. The third-order valence-corrected chi connectivity index (χ3v) is 3.52. The molecule has 0 saturated carbocycles. The van der Waals surface area contributed by atoms with E-state index in [0.29, 0.717) is 23.6 Å². The molecule has 1 N–H and O–H groups in total. The molecule has 19 heavy (non-hydrogen) atoms. The summed E-state index contributed by atoms with van der Waals surface area (Å²) in [6.45, 7) is 1.88. The van der Waals surface area contributed by atoms with Crippen molar-refractivity contribution in [2.75, 3.05) is 0 Å². The van der Waals surface area contributed by atoms with Crippen molar-refractivity contribution in [3.05, 3.63) is 66.4 Å². The molecule has 1 heterocycles.